The van der Waals surface area contributed by atoms with Crippen LogP contribution < -0.4 is 5.32 Å². The third-order valence-corrected chi connectivity index (χ3v) is 3.47. The van der Waals surface area contributed by atoms with Crippen LogP contribution in [0.1, 0.15) is 20.8 Å². The fourth-order valence-corrected chi connectivity index (χ4v) is 2.10. The summed E-state index contributed by atoms with van der Waals surface area (Å²) >= 11 is 1.45. The lowest BCUT2D eigenvalue weighted by Crippen LogP contribution is -2.11. The maximum absolute atomic E-state index is 11.8. The molecule has 3 heteroatoms. The number of carbonyl (C=O) groups excluding carboxylic acids is 1. The second kappa shape index (κ2) is 4.49. The van der Waals surface area contributed by atoms with Crippen molar-refractivity contribution in [2.75, 3.05) is 5.32 Å². The number of hydrogen-bond acceptors (Lipinski definition) is 2. The molecule has 0 spiro atoms. The minimum Gasteiger partial charge on any atom is -0.321 e. The first kappa shape index (κ1) is 10.9. The number of aryl methyl sites for hydroxylation is 1. The average Bonchev–Trinajstić information content (AvgIpc) is 2.78. The minimum atomic E-state index is -0.0382. The Morgan fingerprint density at radius 1 is 1.19 bits per heavy atom. The van der Waals surface area contributed by atoms with Gasteiger partial charge in [-0.3, -0.25) is 4.79 Å². The summed E-state index contributed by atoms with van der Waals surface area (Å²) in [5, 5.41) is 4.83. The van der Waals surface area contributed by atoms with Crippen molar-refractivity contribution >= 4 is 22.9 Å². The maximum atomic E-state index is 11.8. The molecule has 1 aromatic heterocycles. The summed E-state index contributed by atoms with van der Waals surface area (Å²) in [7, 11) is 0. The second-order valence-corrected chi connectivity index (χ2v) is 4.63. The number of hydrogen-bond donors (Lipinski definition) is 1. The Balaban J connectivity index is 2.22. The Hall–Kier alpha value is -1.61. The van der Waals surface area contributed by atoms with Crippen LogP contribution in [0.4, 0.5) is 5.69 Å². The number of rotatable bonds is 2. The van der Waals surface area contributed by atoms with Crippen LogP contribution in [-0.4, -0.2) is 5.91 Å². The molecule has 0 aliphatic heterocycles. The molecule has 1 N–H and O–H groups in total. The first-order valence-electron chi connectivity index (χ1n) is 5.09. The number of anilines is 1. The summed E-state index contributed by atoms with van der Waals surface area (Å²) in [5.41, 5.74) is 3.19. The molecular weight excluding hydrogens is 218 g/mol. The molecule has 0 aliphatic carbocycles. The van der Waals surface area contributed by atoms with Gasteiger partial charge in [-0.1, -0.05) is 18.2 Å². The molecule has 16 heavy (non-hydrogen) atoms. The van der Waals surface area contributed by atoms with Gasteiger partial charge in [-0.25, -0.2) is 0 Å². The summed E-state index contributed by atoms with van der Waals surface area (Å²) in [5.74, 6) is -0.0382. The van der Waals surface area contributed by atoms with E-state index < -0.39 is 0 Å². The highest BCUT2D eigenvalue weighted by Crippen LogP contribution is 2.19. The maximum Gasteiger partial charge on any atom is 0.265 e. The molecule has 0 bridgehead atoms. The molecule has 0 unspecified atom stereocenters. The molecule has 0 fully saturated rings. The van der Waals surface area contributed by atoms with E-state index in [4.69, 9.17) is 0 Å². The zero-order chi connectivity index (χ0) is 11.5. The number of thiophene rings is 1. The van der Waals surface area contributed by atoms with Gasteiger partial charge in [0.2, 0.25) is 0 Å². The standard InChI is InChI=1S/C13H13NOS/c1-9-5-3-6-11(10(9)2)14-13(15)12-7-4-8-16-12/h3-8H,1-2H3,(H,14,15). The smallest absolute Gasteiger partial charge is 0.265 e. The molecule has 0 aliphatic rings. The van der Waals surface area contributed by atoms with Gasteiger partial charge in [0.05, 0.1) is 4.88 Å². The highest BCUT2D eigenvalue weighted by Gasteiger charge is 2.08. The quantitative estimate of drug-likeness (QED) is 0.840. The largest absolute Gasteiger partial charge is 0.321 e. The molecule has 2 nitrogen and oxygen atoms in total. The molecule has 0 radical (unpaired) electrons. The van der Waals surface area contributed by atoms with Crippen molar-refractivity contribution in [3.63, 3.8) is 0 Å². The van der Waals surface area contributed by atoms with Gasteiger partial charge < -0.3 is 5.32 Å². The van der Waals surface area contributed by atoms with E-state index in [1.54, 1.807) is 0 Å². The lowest BCUT2D eigenvalue weighted by molar-refractivity contribution is 0.103. The van der Waals surface area contributed by atoms with Gasteiger partial charge in [0, 0.05) is 5.69 Å². The van der Waals surface area contributed by atoms with Crippen LogP contribution in [0.15, 0.2) is 35.7 Å². The summed E-state index contributed by atoms with van der Waals surface area (Å²) in [4.78, 5) is 12.6. The van der Waals surface area contributed by atoms with E-state index in [1.165, 1.54) is 16.9 Å². The van der Waals surface area contributed by atoms with Gasteiger partial charge in [0.25, 0.3) is 5.91 Å². The Labute approximate surface area is 98.9 Å². The van der Waals surface area contributed by atoms with Gasteiger partial charge in [0.15, 0.2) is 0 Å². The third kappa shape index (κ3) is 2.14. The SMILES string of the molecule is Cc1cccc(NC(=O)c2cccs2)c1C. The first-order chi connectivity index (χ1) is 7.68. The minimum absolute atomic E-state index is 0.0382. The predicted molar refractivity (Wildman–Crippen MR) is 68.2 cm³/mol. The average molecular weight is 231 g/mol. The third-order valence-electron chi connectivity index (χ3n) is 2.60. The van der Waals surface area contributed by atoms with Gasteiger partial charge in [-0.15, -0.1) is 11.3 Å². The fraction of sp³-hybridized carbons (Fsp3) is 0.154. The van der Waals surface area contributed by atoms with Gasteiger partial charge in [0.1, 0.15) is 0 Å². The van der Waals surface area contributed by atoms with E-state index in [9.17, 15) is 4.79 Å². The molecule has 0 saturated heterocycles. The zero-order valence-electron chi connectivity index (χ0n) is 9.28. The molecule has 0 atom stereocenters. The summed E-state index contributed by atoms with van der Waals surface area (Å²) in [6.07, 6.45) is 0. The van der Waals surface area contributed by atoms with Crippen molar-refractivity contribution < 1.29 is 4.79 Å². The van der Waals surface area contributed by atoms with Gasteiger partial charge in [-0.05, 0) is 42.5 Å². The predicted octanol–water partition coefficient (Wildman–Crippen LogP) is 3.62. The lowest BCUT2D eigenvalue weighted by atomic mass is 10.1. The van der Waals surface area contributed by atoms with Crippen LogP contribution >= 0.6 is 11.3 Å². The van der Waals surface area contributed by atoms with Crippen LogP contribution in [0.2, 0.25) is 0 Å². The molecule has 2 rings (SSSR count). The molecule has 1 amide bonds. The monoisotopic (exact) mass is 231 g/mol. The van der Waals surface area contributed by atoms with Crippen molar-refractivity contribution in [1.29, 1.82) is 0 Å². The van der Waals surface area contributed by atoms with Crippen LogP contribution in [-0.2, 0) is 0 Å². The molecule has 82 valence electrons. The topological polar surface area (TPSA) is 29.1 Å². The normalized spacial score (nSPS) is 10.1. The van der Waals surface area contributed by atoms with E-state index in [0.717, 1.165) is 16.1 Å². The molecule has 1 aromatic carbocycles. The van der Waals surface area contributed by atoms with Crippen molar-refractivity contribution in [2.45, 2.75) is 13.8 Å². The van der Waals surface area contributed by atoms with E-state index >= 15 is 0 Å². The first-order valence-corrected chi connectivity index (χ1v) is 5.97. The highest BCUT2D eigenvalue weighted by molar-refractivity contribution is 7.12. The molecule has 0 saturated carbocycles. The summed E-state index contributed by atoms with van der Waals surface area (Å²) in [6.45, 7) is 4.05. The Morgan fingerprint density at radius 3 is 2.69 bits per heavy atom. The van der Waals surface area contributed by atoms with E-state index in [1.807, 2.05) is 49.6 Å². The van der Waals surface area contributed by atoms with E-state index in [-0.39, 0.29) is 5.91 Å². The fourth-order valence-electron chi connectivity index (χ4n) is 1.48. The Bertz CT molecular complexity index is 503. The summed E-state index contributed by atoms with van der Waals surface area (Å²) < 4.78 is 0. The van der Waals surface area contributed by atoms with Crippen LogP contribution in [0.25, 0.3) is 0 Å². The van der Waals surface area contributed by atoms with Crippen LogP contribution in [0.5, 0.6) is 0 Å². The molecule has 1 heterocycles. The van der Waals surface area contributed by atoms with Crippen molar-refractivity contribution in [1.82, 2.24) is 0 Å². The van der Waals surface area contributed by atoms with Crippen molar-refractivity contribution in [3.8, 4) is 0 Å². The van der Waals surface area contributed by atoms with E-state index in [2.05, 4.69) is 5.32 Å². The van der Waals surface area contributed by atoms with Gasteiger partial charge >= 0.3 is 0 Å². The molecule has 2 aromatic rings. The number of nitrogens with one attached hydrogen (secondary N) is 1. The summed E-state index contributed by atoms with van der Waals surface area (Å²) in [6, 6.07) is 9.62. The Kier molecular flexibility index (Phi) is 3.06. The number of benzene rings is 1. The van der Waals surface area contributed by atoms with Crippen molar-refractivity contribution in [3.05, 3.63) is 51.7 Å². The van der Waals surface area contributed by atoms with Crippen LogP contribution in [0.3, 0.4) is 0 Å². The number of amides is 1. The van der Waals surface area contributed by atoms with Gasteiger partial charge in [-0.2, -0.15) is 0 Å². The van der Waals surface area contributed by atoms with Crippen LogP contribution in [0, 0.1) is 13.8 Å². The second-order valence-electron chi connectivity index (χ2n) is 3.68. The van der Waals surface area contributed by atoms with E-state index in [0.29, 0.717) is 0 Å². The number of carbonyl (C=O) groups is 1. The molecular formula is C13H13NOS. The van der Waals surface area contributed by atoms with Crippen molar-refractivity contribution in [2.24, 2.45) is 0 Å². The zero-order valence-corrected chi connectivity index (χ0v) is 10.1. The lowest BCUT2D eigenvalue weighted by Gasteiger charge is -2.09. The highest BCUT2D eigenvalue weighted by atomic mass is 32.1. The Morgan fingerprint density at radius 2 is 2.00 bits per heavy atom.